The smallest absolute Gasteiger partial charge is 0.152 e. The van der Waals surface area contributed by atoms with Crippen molar-refractivity contribution in [3.05, 3.63) is 16.3 Å². The molecule has 2 aromatic rings. The molecule has 1 saturated heterocycles. The van der Waals surface area contributed by atoms with E-state index in [-0.39, 0.29) is 17.5 Å². The normalized spacial score (nSPS) is 23.6. The summed E-state index contributed by atoms with van der Waals surface area (Å²) in [6.07, 6.45) is 4.08. The fraction of sp³-hybridized carbons (Fsp3) is 0.571. The van der Waals surface area contributed by atoms with E-state index in [1.165, 1.54) is 16.9 Å². The highest BCUT2D eigenvalue weighted by molar-refractivity contribution is 7.91. The molecule has 1 N–H and O–H groups in total. The van der Waals surface area contributed by atoms with Crippen molar-refractivity contribution in [2.24, 2.45) is 0 Å². The van der Waals surface area contributed by atoms with E-state index >= 15 is 0 Å². The van der Waals surface area contributed by atoms with E-state index < -0.39 is 9.84 Å². The molecule has 2 aromatic heterocycles. The molecule has 7 heteroatoms. The summed E-state index contributed by atoms with van der Waals surface area (Å²) in [4.78, 5) is 11.6. The van der Waals surface area contributed by atoms with E-state index in [1.54, 1.807) is 11.3 Å². The van der Waals surface area contributed by atoms with Crippen LogP contribution >= 0.6 is 11.3 Å². The maximum atomic E-state index is 11.6. The second-order valence-corrected chi connectivity index (χ2v) is 9.21. The van der Waals surface area contributed by atoms with E-state index in [9.17, 15) is 8.42 Å². The SMILES string of the molecule is Cc1nc(NC2CCS(=O)(=O)C2)c2c3c(sc2n1)CCC3. The minimum atomic E-state index is -2.88. The summed E-state index contributed by atoms with van der Waals surface area (Å²) in [5.74, 6) is 2.06. The Kier molecular flexibility index (Phi) is 2.97. The van der Waals surface area contributed by atoms with Gasteiger partial charge in [0.1, 0.15) is 16.5 Å². The van der Waals surface area contributed by atoms with Crippen LogP contribution < -0.4 is 5.32 Å². The molecule has 1 fully saturated rings. The molecule has 0 radical (unpaired) electrons. The third kappa shape index (κ3) is 2.32. The first-order valence-corrected chi connectivity index (χ1v) is 9.91. The van der Waals surface area contributed by atoms with E-state index in [1.807, 2.05) is 6.92 Å². The van der Waals surface area contributed by atoms with E-state index in [4.69, 9.17) is 0 Å². The lowest BCUT2D eigenvalue weighted by Gasteiger charge is -2.13. The van der Waals surface area contributed by atoms with Gasteiger partial charge in [0.25, 0.3) is 0 Å². The van der Waals surface area contributed by atoms with Gasteiger partial charge >= 0.3 is 0 Å². The van der Waals surface area contributed by atoms with Gasteiger partial charge in [-0.25, -0.2) is 18.4 Å². The summed E-state index contributed by atoms with van der Waals surface area (Å²) >= 11 is 1.76. The van der Waals surface area contributed by atoms with Crippen LogP contribution in [-0.4, -0.2) is 35.9 Å². The number of nitrogens with zero attached hydrogens (tertiary/aromatic N) is 2. The summed E-state index contributed by atoms with van der Waals surface area (Å²) in [7, 11) is -2.88. The van der Waals surface area contributed by atoms with Crippen molar-refractivity contribution < 1.29 is 8.42 Å². The van der Waals surface area contributed by atoms with Gasteiger partial charge in [0.05, 0.1) is 16.9 Å². The molecule has 3 heterocycles. The minimum absolute atomic E-state index is 0.0237. The number of thiophene rings is 1. The zero-order valence-electron chi connectivity index (χ0n) is 11.8. The molecule has 4 rings (SSSR count). The van der Waals surface area contributed by atoms with Crippen LogP contribution in [0.25, 0.3) is 10.2 Å². The van der Waals surface area contributed by atoms with Crippen LogP contribution in [-0.2, 0) is 22.7 Å². The molecule has 0 saturated carbocycles. The van der Waals surface area contributed by atoms with Crippen molar-refractivity contribution in [2.75, 3.05) is 16.8 Å². The quantitative estimate of drug-likeness (QED) is 0.916. The molecule has 1 atom stereocenters. The first kappa shape index (κ1) is 13.5. The van der Waals surface area contributed by atoms with Gasteiger partial charge in [-0.1, -0.05) is 0 Å². The molecule has 0 spiro atoms. The molecular formula is C14H17N3O2S2. The molecule has 0 aromatic carbocycles. The Morgan fingerprint density at radius 3 is 2.90 bits per heavy atom. The Hall–Kier alpha value is -1.21. The largest absolute Gasteiger partial charge is 0.366 e. The maximum Gasteiger partial charge on any atom is 0.152 e. The number of hydrogen-bond donors (Lipinski definition) is 1. The first-order valence-electron chi connectivity index (χ1n) is 7.28. The topological polar surface area (TPSA) is 72.0 Å². The first-order chi connectivity index (χ1) is 10.0. The summed E-state index contributed by atoms with van der Waals surface area (Å²) < 4.78 is 23.3. The lowest BCUT2D eigenvalue weighted by atomic mass is 10.1. The van der Waals surface area contributed by atoms with Crippen molar-refractivity contribution in [1.82, 2.24) is 9.97 Å². The third-order valence-corrected chi connectivity index (χ3v) is 7.20. The highest BCUT2D eigenvalue weighted by Crippen LogP contribution is 2.39. The third-order valence-electron chi connectivity index (χ3n) is 4.25. The number of rotatable bonds is 2. The predicted molar refractivity (Wildman–Crippen MR) is 84.9 cm³/mol. The van der Waals surface area contributed by atoms with Crippen LogP contribution in [0.4, 0.5) is 5.82 Å². The molecule has 5 nitrogen and oxygen atoms in total. The molecular weight excluding hydrogens is 306 g/mol. The van der Waals surface area contributed by atoms with Gasteiger partial charge in [0.15, 0.2) is 9.84 Å². The lowest BCUT2D eigenvalue weighted by Crippen LogP contribution is -2.21. The van der Waals surface area contributed by atoms with Gasteiger partial charge in [0, 0.05) is 10.9 Å². The highest BCUT2D eigenvalue weighted by Gasteiger charge is 2.29. The molecule has 1 aliphatic carbocycles. The van der Waals surface area contributed by atoms with Gasteiger partial charge in [-0.2, -0.15) is 0 Å². The average Bonchev–Trinajstić information content (AvgIpc) is 3.02. The Labute approximate surface area is 127 Å². The van der Waals surface area contributed by atoms with Crippen LogP contribution in [0.5, 0.6) is 0 Å². The van der Waals surface area contributed by atoms with Crippen molar-refractivity contribution >= 4 is 37.2 Å². The second-order valence-electron chi connectivity index (χ2n) is 5.90. The van der Waals surface area contributed by atoms with Gasteiger partial charge < -0.3 is 5.32 Å². The van der Waals surface area contributed by atoms with Crippen molar-refractivity contribution in [2.45, 2.75) is 38.6 Å². The monoisotopic (exact) mass is 323 g/mol. The maximum absolute atomic E-state index is 11.6. The number of anilines is 1. The van der Waals surface area contributed by atoms with Crippen molar-refractivity contribution in [1.29, 1.82) is 0 Å². The number of aromatic nitrogens is 2. The summed E-state index contributed by atoms with van der Waals surface area (Å²) in [6, 6.07) is -0.0237. The predicted octanol–water partition coefficient (Wildman–Crippen LogP) is 2.09. The Morgan fingerprint density at radius 2 is 2.14 bits per heavy atom. The number of fused-ring (bicyclic) bond motifs is 3. The van der Waals surface area contributed by atoms with Crippen LogP contribution in [0.15, 0.2) is 0 Å². The molecule has 1 unspecified atom stereocenters. The second kappa shape index (κ2) is 4.64. The number of aryl methyl sites for hydroxylation is 3. The fourth-order valence-corrected chi connectivity index (χ4v) is 6.29. The summed E-state index contributed by atoms with van der Waals surface area (Å²) in [6.45, 7) is 1.89. The molecule has 1 aliphatic heterocycles. The summed E-state index contributed by atoms with van der Waals surface area (Å²) in [5, 5.41) is 4.50. The van der Waals surface area contributed by atoms with Gasteiger partial charge in [0.2, 0.25) is 0 Å². The van der Waals surface area contributed by atoms with Crippen molar-refractivity contribution in [3.8, 4) is 0 Å². The Bertz CT molecular complexity index is 826. The van der Waals surface area contributed by atoms with Crippen molar-refractivity contribution in [3.63, 3.8) is 0 Å². The highest BCUT2D eigenvalue weighted by atomic mass is 32.2. The number of sulfone groups is 1. The van der Waals surface area contributed by atoms with Crippen LogP contribution in [0.1, 0.15) is 29.1 Å². The fourth-order valence-electron chi connectivity index (χ4n) is 3.31. The van der Waals surface area contributed by atoms with Crippen LogP contribution in [0.2, 0.25) is 0 Å². The van der Waals surface area contributed by atoms with E-state index in [0.717, 1.165) is 34.7 Å². The number of nitrogens with one attached hydrogen (secondary N) is 1. The zero-order chi connectivity index (χ0) is 14.6. The Morgan fingerprint density at radius 1 is 1.29 bits per heavy atom. The van der Waals surface area contributed by atoms with Crippen LogP contribution in [0, 0.1) is 6.92 Å². The summed E-state index contributed by atoms with van der Waals surface area (Å²) in [5.41, 5.74) is 1.37. The lowest BCUT2D eigenvalue weighted by molar-refractivity contribution is 0.602. The minimum Gasteiger partial charge on any atom is -0.366 e. The van der Waals surface area contributed by atoms with E-state index in [2.05, 4.69) is 15.3 Å². The van der Waals surface area contributed by atoms with Gasteiger partial charge in [-0.05, 0) is 38.2 Å². The van der Waals surface area contributed by atoms with Gasteiger partial charge in [-0.3, -0.25) is 0 Å². The zero-order valence-corrected chi connectivity index (χ0v) is 13.5. The number of hydrogen-bond acceptors (Lipinski definition) is 6. The standard InChI is InChI=1S/C14H17N3O2S2/c1-8-15-13(17-9-5-6-21(18,19)7-9)12-10-3-2-4-11(10)20-14(12)16-8/h9H,2-7H2,1H3,(H,15,16,17). The molecule has 2 aliphatic rings. The van der Waals surface area contributed by atoms with Crippen LogP contribution in [0.3, 0.4) is 0 Å². The Balaban J connectivity index is 1.77. The molecule has 0 amide bonds. The molecule has 21 heavy (non-hydrogen) atoms. The molecule has 112 valence electrons. The molecule has 0 bridgehead atoms. The van der Waals surface area contributed by atoms with Gasteiger partial charge in [-0.15, -0.1) is 11.3 Å². The average molecular weight is 323 g/mol. The van der Waals surface area contributed by atoms with E-state index in [0.29, 0.717) is 6.42 Å².